The number of allylic oxidation sites excluding steroid dienone is 1. The molecule has 0 unspecified atom stereocenters. The molecule has 3 aromatic carbocycles. The molecule has 6 heteroatoms. The third kappa shape index (κ3) is 4.80. The minimum absolute atomic E-state index is 0.198. The first-order valence-electron chi connectivity index (χ1n) is 10.4. The van der Waals surface area contributed by atoms with E-state index in [4.69, 9.17) is 20.8 Å². The van der Waals surface area contributed by atoms with Crippen molar-refractivity contribution in [2.75, 3.05) is 18.7 Å². The summed E-state index contributed by atoms with van der Waals surface area (Å²) >= 11 is 7.69. The van der Waals surface area contributed by atoms with Gasteiger partial charge in [-0.2, -0.15) is 0 Å². The number of carbonyl (C=O) groups is 1. The normalized spacial score (nSPS) is 11.6. The Morgan fingerprint density at radius 2 is 1.91 bits per heavy atom. The average Bonchev–Trinajstić information content (AvgIpc) is 3.24. The van der Waals surface area contributed by atoms with Gasteiger partial charge < -0.3 is 14.5 Å². The molecule has 1 heterocycles. The van der Waals surface area contributed by atoms with Crippen molar-refractivity contribution in [2.45, 2.75) is 18.7 Å². The van der Waals surface area contributed by atoms with Gasteiger partial charge in [0.15, 0.2) is 0 Å². The SMILES string of the molecule is COc1c(/C(C)=C/C(=O)Nc2cccc(SC)c2)cc2c(-c3ccc(Cl)cc3)coc2c1C. The number of furan rings is 1. The van der Waals surface area contributed by atoms with E-state index in [-0.39, 0.29) is 5.91 Å². The van der Waals surface area contributed by atoms with Gasteiger partial charge in [0.2, 0.25) is 5.91 Å². The van der Waals surface area contributed by atoms with Gasteiger partial charge in [-0.05, 0) is 67.6 Å². The van der Waals surface area contributed by atoms with E-state index in [9.17, 15) is 4.79 Å². The second-order valence-corrected chi connectivity index (χ2v) is 8.98. The summed E-state index contributed by atoms with van der Waals surface area (Å²) in [5, 5.41) is 4.57. The average molecular weight is 478 g/mol. The first-order valence-corrected chi connectivity index (χ1v) is 12.0. The summed E-state index contributed by atoms with van der Waals surface area (Å²) in [6.45, 7) is 3.87. The van der Waals surface area contributed by atoms with Gasteiger partial charge in [0, 0.05) is 43.8 Å². The molecule has 0 saturated carbocycles. The molecule has 0 saturated heterocycles. The van der Waals surface area contributed by atoms with Crippen LogP contribution in [0.25, 0.3) is 27.7 Å². The molecule has 0 atom stereocenters. The third-order valence-corrected chi connectivity index (χ3v) is 6.49. The maximum Gasteiger partial charge on any atom is 0.248 e. The van der Waals surface area contributed by atoms with Crippen molar-refractivity contribution in [3.63, 3.8) is 0 Å². The Bertz CT molecular complexity index is 1360. The minimum atomic E-state index is -0.198. The first-order chi connectivity index (χ1) is 15.9. The number of rotatable bonds is 6. The quantitative estimate of drug-likeness (QED) is 0.227. The second kappa shape index (κ2) is 9.77. The topological polar surface area (TPSA) is 51.5 Å². The Morgan fingerprint density at radius 1 is 1.15 bits per heavy atom. The van der Waals surface area contributed by atoms with Crippen molar-refractivity contribution in [3.8, 4) is 16.9 Å². The highest BCUT2D eigenvalue weighted by molar-refractivity contribution is 7.98. The molecule has 1 N–H and O–H groups in total. The predicted octanol–water partition coefficient (Wildman–Crippen LogP) is 7.83. The summed E-state index contributed by atoms with van der Waals surface area (Å²) in [4.78, 5) is 13.8. The summed E-state index contributed by atoms with van der Waals surface area (Å²) in [5.41, 5.74) is 5.99. The van der Waals surface area contributed by atoms with Crippen LogP contribution in [0.4, 0.5) is 5.69 Å². The molecule has 4 rings (SSSR count). The molecular formula is C27H24ClNO3S. The Hall–Kier alpha value is -3.15. The van der Waals surface area contributed by atoms with E-state index in [0.29, 0.717) is 10.8 Å². The number of hydrogen-bond acceptors (Lipinski definition) is 4. The van der Waals surface area contributed by atoms with Crippen LogP contribution >= 0.6 is 23.4 Å². The predicted molar refractivity (Wildman–Crippen MR) is 138 cm³/mol. The number of hydrogen-bond donors (Lipinski definition) is 1. The van der Waals surface area contributed by atoms with E-state index >= 15 is 0 Å². The number of methoxy groups -OCH3 is 1. The fraction of sp³-hybridized carbons (Fsp3) is 0.148. The molecule has 0 bridgehead atoms. The van der Waals surface area contributed by atoms with E-state index in [1.807, 2.05) is 74.7 Å². The summed E-state index contributed by atoms with van der Waals surface area (Å²) < 4.78 is 11.6. The monoisotopic (exact) mass is 477 g/mol. The Labute approximate surface area is 202 Å². The van der Waals surface area contributed by atoms with Gasteiger partial charge >= 0.3 is 0 Å². The van der Waals surface area contributed by atoms with Crippen molar-refractivity contribution < 1.29 is 13.9 Å². The van der Waals surface area contributed by atoms with Crippen LogP contribution in [0.3, 0.4) is 0 Å². The number of nitrogens with one attached hydrogen (secondary N) is 1. The van der Waals surface area contributed by atoms with Crippen LogP contribution < -0.4 is 10.1 Å². The highest BCUT2D eigenvalue weighted by atomic mass is 35.5. The Balaban J connectivity index is 1.74. The van der Waals surface area contributed by atoms with Gasteiger partial charge in [-0.15, -0.1) is 11.8 Å². The molecule has 33 heavy (non-hydrogen) atoms. The Kier molecular flexibility index (Phi) is 6.82. The smallest absolute Gasteiger partial charge is 0.248 e. The molecule has 0 spiro atoms. The molecule has 4 aromatic rings. The lowest BCUT2D eigenvalue weighted by atomic mass is 9.96. The fourth-order valence-electron chi connectivity index (χ4n) is 3.88. The Morgan fingerprint density at radius 3 is 2.61 bits per heavy atom. The molecule has 168 valence electrons. The summed E-state index contributed by atoms with van der Waals surface area (Å²) in [7, 11) is 1.63. The van der Waals surface area contributed by atoms with E-state index in [1.54, 1.807) is 31.2 Å². The van der Waals surface area contributed by atoms with E-state index in [1.165, 1.54) is 0 Å². The standard InChI is InChI=1S/C27H24ClNO3S/c1-16(12-25(30)29-20-6-5-7-21(13-20)33-4)22-14-23-24(18-8-10-19(28)11-9-18)15-32-27(23)17(2)26(22)31-3/h5-15H,1-4H3,(H,29,30)/b16-12+. The fourth-order valence-corrected chi connectivity index (χ4v) is 4.46. The molecule has 0 aliphatic carbocycles. The number of aryl methyl sites for hydroxylation is 1. The number of anilines is 1. The van der Waals surface area contributed by atoms with Crippen LogP contribution in [0.15, 0.2) is 76.2 Å². The molecule has 0 fully saturated rings. The number of fused-ring (bicyclic) bond motifs is 1. The van der Waals surface area contributed by atoms with Gasteiger partial charge in [0.1, 0.15) is 11.3 Å². The number of amides is 1. The van der Waals surface area contributed by atoms with Crippen LogP contribution in [-0.2, 0) is 4.79 Å². The van der Waals surface area contributed by atoms with Gasteiger partial charge in [0.25, 0.3) is 0 Å². The lowest BCUT2D eigenvalue weighted by molar-refractivity contribution is -0.111. The van der Waals surface area contributed by atoms with Gasteiger partial charge in [-0.3, -0.25) is 4.79 Å². The van der Waals surface area contributed by atoms with Crippen molar-refractivity contribution >= 4 is 51.5 Å². The second-order valence-electron chi connectivity index (χ2n) is 7.66. The van der Waals surface area contributed by atoms with Crippen LogP contribution in [0.5, 0.6) is 5.75 Å². The number of ether oxygens (including phenoxy) is 1. The van der Waals surface area contributed by atoms with Crippen LogP contribution in [0.1, 0.15) is 18.1 Å². The zero-order valence-corrected chi connectivity index (χ0v) is 20.4. The van der Waals surface area contributed by atoms with Crippen molar-refractivity contribution in [1.29, 1.82) is 0 Å². The van der Waals surface area contributed by atoms with Crippen LogP contribution in [0, 0.1) is 6.92 Å². The molecule has 0 radical (unpaired) electrons. The molecule has 1 amide bonds. The van der Waals surface area contributed by atoms with Crippen LogP contribution in [0.2, 0.25) is 5.02 Å². The van der Waals surface area contributed by atoms with E-state index in [0.717, 1.165) is 49.4 Å². The van der Waals surface area contributed by atoms with Crippen molar-refractivity contribution in [1.82, 2.24) is 0 Å². The number of carbonyl (C=O) groups excluding carboxylic acids is 1. The van der Waals surface area contributed by atoms with Gasteiger partial charge in [-0.25, -0.2) is 0 Å². The highest BCUT2D eigenvalue weighted by Gasteiger charge is 2.19. The van der Waals surface area contributed by atoms with Crippen molar-refractivity contribution in [3.05, 3.63) is 83.1 Å². The zero-order chi connectivity index (χ0) is 23.5. The van der Waals surface area contributed by atoms with E-state index < -0.39 is 0 Å². The number of thioether (sulfide) groups is 1. The lowest BCUT2D eigenvalue weighted by Gasteiger charge is -2.13. The van der Waals surface area contributed by atoms with E-state index in [2.05, 4.69) is 5.32 Å². The van der Waals surface area contributed by atoms with Gasteiger partial charge in [0.05, 0.1) is 13.4 Å². The summed E-state index contributed by atoms with van der Waals surface area (Å²) in [5.74, 6) is 0.487. The lowest BCUT2D eigenvalue weighted by Crippen LogP contribution is -2.08. The molecule has 1 aromatic heterocycles. The first kappa shape index (κ1) is 23.0. The zero-order valence-electron chi connectivity index (χ0n) is 18.9. The number of benzene rings is 3. The summed E-state index contributed by atoms with van der Waals surface area (Å²) in [6, 6.07) is 17.4. The molecule has 4 nitrogen and oxygen atoms in total. The number of halogens is 1. The van der Waals surface area contributed by atoms with Crippen molar-refractivity contribution in [2.24, 2.45) is 0 Å². The largest absolute Gasteiger partial charge is 0.496 e. The highest BCUT2D eigenvalue weighted by Crippen LogP contribution is 2.40. The summed E-state index contributed by atoms with van der Waals surface area (Å²) in [6.07, 6.45) is 5.34. The maximum atomic E-state index is 12.7. The molecule has 0 aliphatic rings. The molecular weight excluding hydrogens is 454 g/mol. The third-order valence-electron chi connectivity index (χ3n) is 5.51. The molecule has 0 aliphatic heterocycles. The minimum Gasteiger partial charge on any atom is -0.496 e. The van der Waals surface area contributed by atoms with Gasteiger partial charge in [-0.1, -0.05) is 29.8 Å². The van der Waals surface area contributed by atoms with Crippen LogP contribution in [-0.4, -0.2) is 19.3 Å². The maximum absolute atomic E-state index is 12.7.